The molecule has 0 atom stereocenters. The van der Waals surface area contributed by atoms with Crippen LogP contribution in [0, 0.1) is 6.92 Å². The first-order chi connectivity index (χ1) is 9.13. The van der Waals surface area contributed by atoms with Gasteiger partial charge in [0.15, 0.2) is 0 Å². The molecule has 0 saturated heterocycles. The van der Waals surface area contributed by atoms with Crippen LogP contribution in [0.2, 0.25) is 0 Å². The van der Waals surface area contributed by atoms with E-state index in [1.165, 1.54) is 5.56 Å². The van der Waals surface area contributed by atoms with Crippen molar-refractivity contribution in [1.29, 1.82) is 0 Å². The lowest BCUT2D eigenvalue weighted by Gasteiger charge is -2.09. The molecule has 0 radical (unpaired) electrons. The van der Waals surface area contributed by atoms with Gasteiger partial charge in [-0.05, 0) is 41.7 Å². The highest BCUT2D eigenvalue weighted by atomic mass is 16.4. The van der Waals surface area contributed by atoms with Gasteiger partial charge in [0.25, 0.3) is 0 Å². The van der Waals surface area contributed by atoms with Crippen LogP contribution in [-0.2, 0) is 6.42 Å². The third-order valence-corrected chi connectivity index (χ3v) is 3.37. The molecule has 0 aliphatic rings. The van der Waals surface area contributed by atoms with Gasteiger partial charge in [0, 0.05) is 0 Å². The first-order valence-electron chi connectivity index (χ1n) is 6.55. The minimum atomic E-state index is -0.873. The Morgan fingerprint density at radius 2 is 1.79 bits per heavy atom. The molecule has 0 aliphatic carbocycles. The molecule has 2 heteroatoms. The van der Waals surface area contributed by atoms with Gasteiger partial charge in [-0.3, -0.25) is 0 Å². The molecule has 0 spiro atoms. The normalized spacial score (nSPS) is 10.4. The molecule has 19 heavy (non-hydrogen) atoms. The molecule has 0 unspecified atom stereocenters. The first kappa shape index (κ1) is 13.3. The van der Waals surface area contributed by atoms with Gasteiger partial charge in [-0.15, -0.1) is 0 Å². The lowest BCUT2D eigenvalue weighted by molar-refractivity contribution is 0.0696. The van der Waals surface area contributed by atoms with E-state index in [4.69, 9.17) is 5.11 Å². The molecule has 0 fully saturated rings. The topological polar surface area (TPSA) is 37.3 Å². The van der Waals surface area contributed by atoms with E-state index in [2.05, 4.69) is 31.2 Å². The summed E-state index contributed by atoms with van der Waals surface area (Å²) < 4.78 is 0. The van der Waals surface area contributed by atoms with Crippen molar-refractivity contribution in [3.05, 3.63) is 59.2 Å². The number of aromatic carboxylic acids is 1. The molecule has 0 saturated carbocycles. The van der Waals surface area contributed by atoms with Gasteiger partial charge in [0.2, 0.25) is 0 Å². The second-order valence-corrected chi connectivity index (χ2v) is 4.73. The number of benzene rings is 2. The van der Waals surface area contributed by atoms with E-state index in [1.807, 2.05) is 13.0 Å². The zero-order valence-corrected chi connectivity index (χ0v) is 11.3. The fraction of sp³-hybridized carbons (Fsp3) is 0.235. The van der Waals surface area contributed by atoms with E-state index < -0.39 is 5.97 Å². The predicted molar refractivity (Wildman–Crippen MR) is 77.6 cm³/mol. The summed E-state index contributed by atoms with van der Waals surface area (Å²) in [5, 5.41) is 9.15. The molecular formula is C17H18O2. The van der Waals surface area contributed by atoms with Crippen LogP contribution in [-0.4, -0.2) is 11.1 Å². The minimum Gasteiger partial charge on any atom is -0.478 e. The molecule has 2 aromatic rings. The molecule has 0 amide bonds. The smallest absolute Gasteiger partial charge is 0.335 e. The summed E-state index contributed by atoms with van der Waals surface area (Å²) >= 11 is 0. The Morgan fingerprint density at radius 1 is 1.11 bits per heavy atom. The highest BCUT2D eigenvalue weighted by Crippen LogP contribution is 2.26. The predicted octanol–water partition coefficient (Wildman–Crippen LogP) is 4.31. The van der Waals surface area contributed by atoms with Crippen LogP contribution < -0.4 is 0 Å². The first-order valence-corrected chi connectivity index (χ1v) is 6.55. The third-order valence-electron chi connectivity index (χ3n) is 3.37. The Kier molecular flexibility index (Phi) is 4.00. The number of carboxylic acid groups (broad SMARTS) is 1. The maximum Gasteiger partial charge on any atom is 0.335 e. The maximum atomic E-state index is 11.1. The summed E-state index contributed by atoms with van der Waals surface area (Å²) in [6.45, 7) is 4.02. The number of rotatable bonds is 4. The quantitative estimate of drug-likeness (QED) is 0.882. The summed E-state index contributed by atoms with van der Waals surface area (Å²) in [7, 11) is 0. The molecule has 2 aromatic carbocycles. The van der Waals surface area contributed by atoms with Crippen LogP contribution in [0.3, 0.4) is 0 Å². The monoisotopic (exact) mass is 254 g/mol. The number of hydrogen-bond donors (Lipinski definition) is 1. The summed E-state index contributed by atoms with van der Waals surface area (Å²) in [6.07, 6.45) is 2.21. The van der Waals surface area contributed by atoms with Crippen molar-refractivity contribution >= 4 is 5.97 Å². The van der Waals surface area contributed by atoms with Gasteiger partial charge in [-0.25, -0.2) is 4.79 Å². The Labute approximate surface area is 113 Å². The third kappa shape index (κ3) is 2.84. The van der Waals surface area contributed by atoms with Gasteiger partial charge >= 0.3 is 5.97 Å². The highest BCUT2D eigenvalue weighted by molar-refractivity contribution is 5.92. The highest BCUT2D eigenvalue weighted by Gasteiger charge is 2.10. The Morgan fingerprint density at radius 3 is 2.37 bits per heavy atom. The van der Waals surface area contributed by atoms with Crippen LogP contribution in [0.4, 0.5) is 0 Å². The summed E-state index contributed by atoms with van der Waals surface area (Å²) in [5.41, 5.74) is 4.56. The van der Waals surface area contributed by atoms with Crippen molar-refractivity contribution in [3.8, 4) is 11.1 Å². The number of hydrogen-bond acceptors (Lipinski definition) is 1. The van der Waals surface area contributed by atoms with E-state index in [1.54, 1.807) is 12.1 Å². The van der Waals surface area contributed by atoms with Crippen LogP contribution in [0.5, 0.6) is 0 Å². The lowest BCUT2D eigenvalue weighted by Crippen LogP contribution is -2.00. The fourth-order valence-corrected chi connectivity index (χ4v) is 2.32. The van der Waals surface area contributed by atoms with E-state index >= 15 is 0 Å². The molecule has 0 aliphatic heterocycles. The SMILES string of the molecule is CCCc1ccc(-c2cccc(C(=O)O)c2C)cc1. The van der Waals surface area contributed by atoms with Crippen LogP contribution >= 0.6 is 0 Å². The van der Waals surface area contributed by atoms with Crippen molar-refractivity contribution in [2.24, 2.45) is 0 Å². The van der Waals surface area contributed by atoms with Gasteiger partial charge in [-0.2, -0.15) is 0 Å². The van der Waals surface area contributed by atoms with E-state index in [0.29, 0.717) is 5.56 Å². The minimum absolute atomic E-state index is 0.370. The zero-order chi connectivity index (χ0) is 13.8. The Balaban J connectivity index is 2.41. The molecule has 0 heterocycles. The summed E-state index contributed by atoms with van der Waals surface area (Å²) in [5.74, 6) is -0.873. The zero-order valence-electron chi connectivity index (χ0n) is 11.3. The van der Waals surface area contributed by atoms with Crippen molar-refractivity contribution in [3.63, 3.8) is 0 Å². The van der Waals surface area contributed by atoms with Gasteiger partial charge in [0.1, 0.15) is 0 Å². The van der Waals surface area contributed by atoms with Gasteiger partial charge < -0.3 is 5.11 Å². The second-order valence-electron chi connectivity index (χ2n) is 4.73. The molecule has 1 N–H and O–H groups in total. The summed E-state index contributed by atoms with van der Waals surface area (Å²) in [4.78, 5) is 11.1. The van der Waals surface area contributed by atoms with E-state index in [-0.39, 0.29) is 0 Å². The number of aryl methyl sites for hydroxylation is 1. The van der Waals surface area contributed by atoms with Gasteiger partial charge in [0.05, 0.1) is 5.56 Å². The van der Waals surface area contributed by atoms with Crippen LogP contribution in [0.1, 0.15) is 34.8 Å². The molecule has 0 aromatic heterocycles. The fourth-order valence-electron chi connectivity index (χ4n) is 2.32. The largest absolute Gasteiger partial charge is 0.478 e. The Bertz CT molecular complexity index is 583. The summed E-state index contributed by atoms with van der Waals surface area (Å²) in [6, 6.07) is 13.8. The van der Waals surface area contributed by atoms with Crippen molar-refractivity contribution < 1.29 is 9.90 Å². The average molecular weight is 254 g/mol. The average Bonchev–Trinajstić information content (AvgIpc) is 2.40. The number of carboxylic acids is 1. The van der Waals surface area contributed by atoms with Crippen LogP contribution in [0.25, 0.3) is 11.1 Å². The van der Waals surface area contributed by atoms with Gasteiger partial charge in [-0.1, -0.05) is 49.7 Å². The molecule has 98 valence electrons. The molecule has 0 bridgehead atoms. The maximum absolute atomic E-state index is 11.1. The molecular weight excluding hydrogens is 236 g/mol. The number of carbonyl (C=O) groups is 1. The van der Waals surface area contributed by atoms with Crippen LogP contribution in [0.15, 0.2) is 42.5 Å². The van der Waals surface area contributed by atoms with Crippen molar-refractivity contribution in [2.75, 3.05) is 0 Å². The van der Waals surface area contributed by atoms with E-state index in [9.17, 15) is 4.79 Å². The molecule has 2 nitrogen and oxygen atoms in total. The lowest BCUT2D eigenvalue weighted by atomic mass is 9.95. The standard InChI is InChI=1S/C17H18O2/c1-3-5-13-8-10-14(11-9-13)15-6-4-7-16(12(15)2)17(18)19/h4,6-11H,3,5H2,1-2H3,(H,18,19). The molecule has 2 rings (SSSR count). The van der Waals surface area contributed by atoms with Crippen molar-refractivity contribution in [1.82, 2.24) is 0 Å². The second kappa shape index (κ2) is 5.70. The Hall–Kier alpha value is -2.09. The van der Waals surface area contributed by atoms with Crippen molar-refractivity contribution in [2.45, 2.75) is 26.7 Å². The van der Waals surface area contributed by atoms with E-state index in [0.717, 1.165) is 29.5 Å².